The number of likely N-dealkylation sites (tertiary alicyclic amines) is 2. The second kappa shape index (κ2) is 8.64. The largest absolute Gasteiger partial charge is 0.338 e. The van der Waals surface area contributed by atoms with Gasteiger partial charge in [-0.15, -0.1) is 12.4 Å². The van der Waals surface area contributed by atoms with Crippen LogP contribution in [0.25, 0.3) is 0 Å². The Hall–Kier alpha value is -1.92. The fourth-order valence-electron chi connectivity index (χ4n) is 3.54. The predicted molar refractivity (Wildman–Crippen MR) is 101 cm³/mol. The maximum Gasteiger partial charge on any atom is 0.253 e. The van der Waals surface area contributed by atoms with Gasteiger partial charge in [-0.25, -0.2) is 0 Å². The van der Waals surface area contributed by atoms with Crippen molar-refractivity contribution in [3.05, 3.63) is 35.4 Å². The summed E-state index contributed by atoms with van der Waals surface area (Å²) in [6, 6.07) is 7.28. The molecule has 2 N–H and O–H groups in total. The number of piperidine rings is 1. The van der Waals surface area contributed by atoms with Gasteiger partial charge in [-0.3, -0.25) is 19.3 Å². The summed E-state index contributed by atoms with van der Waals surface area (Å²) in [5.74, 6) is 0.121. The van der Waals surface area contributed by atoms with Crippen LogP contribution in [0.15, 0.2) is 24.3 Å². The maximum atomic E-state index is 12.7. The number of benzene rings is 1. The van der Waals surface area contributed by atoms with E-state index >= 15 is 0 Å². The van der Waals surface area contributed by atoms with Gasteiger partial charge in [0.05, 0.1) is 6.54 Å². The van der Waals surface area contributed by atoms with E-state index in [9.17, 15) is 14.4 Å². The molecule has 7 heteroatoms. The van der Waals surface area contributed by atoms with Gasteiger partial charge in [0.1, 0.15) is 0 Å². The van der Waals surface area contributed by atoms with E-state index in [-0.39, 0.29) is 42.7 Å². The summed E-state index contributed by atoms with van der Waals surface area (Å²) in [5, 5.41) is 0. The highest BCUT2D eigenvalue weighted by Crippen LogP contribution is 2.21. The Bertz CT molecular complexity index is 659. The number of amides is 3. The Kier molecular flexibility index (Phi) is 6.78. The van der Waals surface area contributed by atoms with Gasteiger partial charge in [0.25, 0.3) is 5.91 Å². The molecule has 0 saturated carbocycles. The smallest absolute Gasteiger partial charge is 0.253 e. The molecule has 2 atom stereocenters. The highest BCUT2D eigenvalue weighted by atomic mass is 35.5. The second-order valence-corrected chi connectivity index (χ2v) is 7.08. The zero-order chi connectivity index (χ0) is 18.0. The molecular weight excluding hydrogens is 354 g/mol. The standard InChI is InChI=1S/C19H25N3O3.ClH/c1-13(20)16-3-2-10-21(12-16)19(25)15-6-4-14(5-7-15)11-22-17(23)8-9-18(22)24;/h4-7,13,16H,2-3,8-12,20H2,1H3;1H. The molecule has 0 bridgehead atoms. The molecule has 2 fully saturated rings. The van der Waals surface area contributed by atoms with Crippen molar-refractivity contribution in [1.82, 2.24) is 9.80 Å². The average molecular weight is 380 g/mol. The van der Waals surface area contributed by atoms with E-state index in [1.165, 1.54) is 4.90 Å². The summed E-state index contributed by atoms with van der Waals surface area (Å²) >= 11 is 0. The number of halogens is 1. The molecule has 142 valence electrons. The molecule has 3 rings (SSSR count). The van der Waals surface area contributed by atoms with Crippen molar-refractivity contribution in [2.45, 2.75) is 45.2 Å². The third-order valence-electron chi connectivity index (χ3n) is 5.19. The maximum absolute atomic E-state index is 12.7. The quantitative estimate of drug-likeness (QED) is 0.810. The number of nitrogens with two attached hydrogens (primary N) is 1. The Balaban J connectivity index is 0.00000243. The molecule has 0 aromatic heterocycles. The number of nitrogens with zero attached hydrogens (tertiary/aromatic N) is 2. The molecule has 2 saturated heterocycles. The molecule has 6 nitrogen and oxygen atoms in total. The minimum absolute atomic E-state index is 0. The monoisotopic (exact) mass is 379 g/mol. The van der Waals surface area contributed by atoms with Crippen molar-refractivity contribution in [2.24, 2.45) is 11.7 Å². The molecule has 1 aromatic carbocycles. The summed E-state index contributed by atoms with van der Waals surface area (Å²) in [5.41, 5.74) is 7.48. The van der Waals surface area contributed by atoms with Gasteiger partial charge < -0.3 is 10.6 Å². The topological polar surface area (TPSA) is 83.7 Å². The van der Waals surface area contributed by atoms with Gasteiger partial charge in [0.15, 0.2) is 0 Å². The van der Waals surface area contributed by atoms with Crippen LogP contribution in [0.5, 0.6) is 0 Å². The summed E-state index contributed by atoms with van der Waals surface area (Å²) in [4.78, 5) is 39.2. The highest BCUT2D eigenvalue weighted by Gasteiger charge is 2.29. The van der Waals surface area contributed by atoms with Crippen molar-refractivity contribution in [3.63, 3.8) is 0 Å². The lowest BCUT2D eigenvalue weighted by molar-refractivity contribution is -0.139. The van der Waals surface area contributed by atoms with Gasteiger partial charge in [-0.2, -0.15) is 0 Å². The van der Waals surface area contributed by atoms with Gasteiger partial charge in [0, 0.05) is 37.5 Å². The first kappa shape index (κ1) is 20.4. The van der Waals surface area contributed by atoms with Crippen LogP contribution < -0.4 is 5.73 Å². The highest BCUT2D eigenvalue weighted by molar-refractivity contribution is 6.01. The minimum atomic E-state index is -0.125. The number of imide groups is 1. The lowest BCUT2D eigenvalue weighted by atomic mass is 9.92. The lowest BCUT2D eigenvalue weighted by Gasteiger charge is -2.34. The van der Waals surface area contributed by atoms with Crippen molar-refractivity contribution in [1.29, 1.82) is 0 Å². The molecule has 0 spiro atoms. The molecule has 3 amide bonds. The molecule has 26 heavy (non-hydrogen) atoms. The fraction of sp³-hybridized carbons (Fsp3) is 0.526. The number of rotatable bonds is 4. The van der Waals surface area contributed by atoms with Crippen LogP contribution in [0.3, 0.4) is 0 Å². The third kappa shape index (κ3) is 4.43. The molecule has 2 aliphatic heterocycles. The Morgan fingerprint density at radius 1 is 1.19 bits per heavy atom. The van der Waals surface area contributed by atoms with Crippen LogP contribution in [0.1, 0.15) is 48.5 Å². The summed E-state index contributed by atoms with van der Waals surface area (Å²) in [7, 11) is 0. The van der Waals surface area contributed by atoms with E-state index in [4.69, 9.17) is 5.73 Å². The Morgan fingerprint density at radius 2 is 1.81 bits per heavy atom. The molecule has 2 heterocycles. The first-order valence-corrected chi connectivity index (χ1v) is 8.92. The van der Waals surface area contributed by atoms with Crippen LogP contribution >= 0.6 is 12.4 Å². The first-order chi connectivity index (χ1) is 12.0. The van der Waals surface area contributed by atoms with Crippen molar-refractivity contribution in [2.75, 3.05) is 13.1 Å². The van der Waals surface area contributed by atoms with Crippen LogP contribution in [0, 0.1) is 5.92 Å². The third-order valence-corrected chi connectivity index (χ3v) is 5.19. The summed E-state index contributed by atoms with van der Waals surface area (Å²) in [6.45, 7) is 3.74. The molecule has 0 aliphatic carbocycles. The molecule has 1 aromatic rings. The van der Waals surface area contributed by atoms with Crippen LogP contribution in [0.2, 0.25) is 0 Å². The average Bonchev–Trinajstić information content (AvgIpc) is 2.94. The van der Waals surface area contributed by atoms with E-state index < -0.39 is 0 Å². The SMILES string of the molecule is CC(N)C1CCCN(C(=O)c2ccc(CN3C(=O)CCC3=O)cc2)C1.Cl. The zero-order valence-corrected chi connectivity index (χ0v) is 15.8. The molecular formula is C19H26ClN3O3. The summed E-state index contributed by atoms with van der Waals surface area (Å²) in [6.07, 6.45) is 2.64. The van der Waals surface area contributed by atoms with E-state index in [2.05, 4.69) is 0 Å². The van der Waals surface area contributed by atoms with Crippen LogP contribution in [-0.2, 0) is 16.1 Å². The minimum Gasteiger partial charge on any atom is -0.338 e. The normalized spacial score (nSPS) is 21.5. The second-order valence-electron chi connectivity index (χ2n) is 7.08. The van der Waals surface area contributed by atoms with Gasteiger partial charge in [0.2, 0.25) is 11.8 Å². The first-order valence-electron chi connectivity index (χ1n) is 8.92. The zero-order valence-electron chi connectivity index (χ0n) is 15.0. The fourth-order valence-corrected chi connectivity index (χ4v) is 3.54. The van der Waals surface area contributed by atoms with Gasteiger partial charge in [-0.1, -0.05) is 12.1 Å². The number of hydrogen-bond acceptors (Lipinski definition) is 4. The van der Waals surface area contributed by atoms with Crippen LogP contribution in [-0.4, -0.2) is 46.7 Å². The predicted octanol–water partition coefficient (Wildman–Crippen LogP) is 1.96. The number of hydrogen-bond donors (Lipinski definition) is 1. The van der Waals surface area contributed by atoms with Gasteiger partial charge in [-0.05, 0) is 43.4 Å². The number of carbonyl (C=O) groups is 3. The van der Waals surface area contributed by atoms with Crippen molar-refractivity contribution in [3.8, 4) is 0 Å². The van der Waals surface area contributed by atoms with E-state index in [0.717, 1.165) is 24.9 Å². The van der Waals surface area contributed by atoms with E-state index in [0.29, 0.717) is 30.9 Å². The molecule has 2 aliphatic rings. The lowest BCUT2D eigenvalue weighted by Crippen LogP contribution is -2.45. The van der Waals surface area contributed by atoms with Crippen molar-refractivity contribution >= 4 is 30.1 Å². The molecule has 0 radical (unpaired) electrons. The Labute approximate surface area is 160 Å². The number of carbonyl (C=O) groups excluding carboxylic acids is 3. The van der Waals surface area contributed by atoms with E-state index in [1.54, 1.807) is 12.1 Å². The summed E-state index contributed by atoms with van der Waals surface area (Å²) < 4.78 is 0. The van der Waals surface area contributed by atoms with Crippen LogP contribution in [0.4, 0.5) is 0 Å². The van der Waals surface area contributed by atoms with Gasteiger partial charge >= 0.3 is 0 Å². The van der Waals surface area contributed by atoms with Crippen molar-refractivity contribution < 1.29 is 14.4 Å². The Morgan fingerprint density at radius 3 is 2.38 bits per heavy atom. The van der Waals surface area contributed by atoms with E-state index in [1.807, 2.05) is 24.0 Å². The molecule has 2 unspecified atom stereocenters.